The van der Waals surface area contributed by atoms with Gasteiger partial charge in [-0.2, -0.15) is 4.31 Å². The predicted molar refractivity (Wildman–Crippen MR) is 90.6 cm³/mol. The zero-order valence-electron chi connectivity index (χ0n) is 13.4. The van der Waals surface area contributed by atoms with Gasteiger partial charge in [-0.1, -0.05) is 6.07 Å². The van der Waals surface area contributed by atoms with Gasteiger partial charge in [0.15, 0.2) is 0 Å². The lowest BCUT2D eigenvalue weighted by Crippen LogP contribution is -2.42. The Morgan fingerprint density at radius 1 is 1.00 bits per heavy atom. The van der Waals surface area contributed by atoms with E-state index < -0.39 is 20.0 Å². The normalized spacial score (nSPS) is 21.2. The third kappa shape index (κ3) is 3.80. The topological polar surface area (TPSA) is 95.6 Å². The maximum absolute atomic E-state index is 12.6. The highest BCUT2D eigenvalue weighted by Gasteiger charge is 2.29. The van der Waals surface area contributed by atoms with Crippen LogP contribution in [0, 0.1) is 0 Å². The smallest absolute Gasteiger partial charge is 0.243 e. The molecule has 0 bridgehead atoms. The average molecular weight is 374 g/mol. The highest BCUT2D eigenvalue weighted by atomic mass is 32.2. The second-order valence-corrected chi connectivity index (χ2v) is 9.88. The first-order chi connectivity index (χ1) is 11.4. The molecular formula is C15H23N3O4S2. The van der Waals surface area contributed by atoms with Crippen molar-refractivity contribution in [3.63, 3.8) is 0 Å². The second-order valence-electron chi connectivity index (χ2n) is 6.23. The van der Waals surface area contributed by atoms with E-state index in [0.29, 0.717) is 13.1 Å². The first kappa shape index (κ1) is 17.8. The first-order valence-electron chi connectivity index (χ1n) is 8.23. The van der Waals surface area contributed by atoms with E-state index in [2.05, 4.69) is 10.0 Å². The fourth-order valence-corrected chi connectivity index (χ4v) is 6.10. The molecule has 2 saturated heterocycles. The van der Waals surface area contributed by atoms with E-state index in [1.165, 1.54) is 28.6 Å². The minimum absolute atomic E-state index is 0.00121. The molecule has 9 heteroatoms. The van der Waals surface area contributed by atoms with Gasteiger partial charge in [-0.3, -0.25) is 0 Å². The largest absolute Gasteiger partial charge is 0.317 e. The van der Waals surface area contributed by atoms with E-state index in [1.54, 1.807) is 0 Å². The Bertz CT molecular complexity index is 781. The molecule has 0 radical (unpaired) electrons. The zero-order valence-corrected chi connectivity index (χ0v) is 15.1. The van der Waals surface area contributed by atoms with Crippen LogP contribution in [0.3, 0.4) is 0 Å². The van der Waals surface area contributed by atoms with Crippen LogP contribution in [-0.2, 0) is 20.0 Å². The number of nitrogens with zero attached hydrogens (tertiary/aromatic N) is 1. The molecule has 1 aromatic carbocycles. The maximum Gasteiger partial charge on any atom is 0.243 e. The van der Waals surface area contributed by atoms with Crippen molar-refractivity contribution in [2.24, 2.45) is 0 Å². The lowest BCUT2D eigenvalue weighted by atomic mass is 10.1. The Morgan fingerprint density at radius 3 is 2.29 bits per heavy atom. The van der Waals surface area contributed by atoms with E-state index in [-0.39, 0.29) is 15.8 Å². The number of benzene rings is 1. The Balaban J connectivity index is 1.84. The molecule has 3 rings (SSSR count). The standard InChI is InChI=1S/C15H23N3O4S2/c19-23(20,17-13-6-8-16-9-7-13)14-4-3-5-15(12-14)24(21,22)18-10-1-2-11-18/h3-5,12-13,16-17H,1-2,6-11H2. The van der Waals surface area contributed by atoms with Crippen molar-refractivity contribution in [3.8, 4) is 0 Å². The van der Waals surface area contributed by atoms with Crippen molar-refractivity contribution in [3.05, 3.63) is 24.3 Å². The molecule has 2 aliphatic heterocycles. The number of sulfonamides is 2. The summed E-state index contributed by atoms with van der Waals surface area (Å²) in [5.74, 6) is 0. The second kappa shape index (κ2) is 7.09. The van der Waals surface area contributed by atoms with E-state index in [0.717, 1.165) is 38.8 Å². The van der Waals surface area contributed by atoms with E-state index in [4.69, 9.17) is 0 Å². The van der Waals surface area contributed by atoms with Crippen LogP contribution >= 0.6 is 0 Å². The summed E-state index contributed by atoms with van der Waals surface area (Å²) in [4.78, 5) is 0.0406. The number of hydrogen-bond acceptors (Lipinski definition) is 5. The SMILES string of the molecule is O=S(=O)(NC1CCNCC1)c1cccc(S(=O)(=O)N2CCCC2)c1. The van der Waals surface area contributed by atoms with Crippen LogP contribution in [0.1, 0.15) is 25.7 Å². The fraction of sp³-hybridized carbons (Fsp3) is 0.600. The molecule has 7 nitrogen and oxygen atoms in total. The highest BCUT2D eigenvalue weighted by Crippen LogP contribution is 2.23. The molecule has 2 aliphatic rings. The molecule has 0 unspecified atom stereocenters. The molecule has 1 aromatic rings. The maximum atomic E-state index is 12.6. The van der Waals surface area contributed by atoms with Crippen molar-refractivity contribution >= 4 is 20.0 Å². The summed E-state index contributed by atoms with van der Waals surface area (Å²) in [6.45, 7) is 2.53. The summed E-state index contributed by atoms with van der Waals surface area (Å²) < 4.78 is 54.4. The molecule has 0 amide bonds. The van der Waals surface area contributed by atoms with Crippen molar-refractivity contribution < 1.29 is 16.8 Å². The first-order valence-corrected chi connectivity index (χ1v) is 11.2. The molecule has 0 aliphatic carbocycles. The zero-order chi connectivity index (χ0) is 17.2. The number of piperidine rings is 1. The Kier molecular flexibility index (Phi) is 5.26. The van der Waals surface area contributed by atoms with E-state index >= 15 is 0 Å². The number of rotatable bonds is 5. The Hall–Kier alpha value is -1.00. The molecule has 0 spiro atoms. The van der Waals surface area contributed by atoms with Gasteiger partial charge in [-0.25, -0.2) is 21.6 Å². The van der Waals surface area contributed by atoms with Crippen molar-refractivity contribution in [1.29, 1.82) is 0 Å². The Morgan fingerprint density at radius 2 is 1.62 bits per heavy atom. The number of hydrogen-bond donors (Lipinski definition) is 2. The van der Waals surface area contributed by atoms with Gasteiger partial charge in [0.2, 0.25) is 20.0 Å². The summed E-state index contributed by atoms with van der Waals surface area (Å²) in [7, 11) is -7.35. The molecule has 2 fully saturated rings. The van der Waals surface area contributed by atoms with Crippen LogP contribution in [0.4, 0.5) is 0 Å². The van der Waals surface area contributed by atoms with Crippen molar-refractivity contribution in [1.82, 2.24) is 14.3 Å². The van der Waals surface area contributed by atoms with Crippen LogP contribution in [0.15, 0.2) is 34.1 Å². The van der Waals surface area contributed by atoms with Crippen LogP contribution < -0.4 is 10.0 Å². The third-order valence-electron chi connectivity index (χ3n) is 4.48. The van der Waals surface area contributed by atoms with Gasteiger partial charge in [-0.05, 0) is 57.0 Å². The van der Waals surface area contributed by atoms with E-state index in [9.17, 15) is 16.8 Å². The van der Waals surface area contributed by atoms with Gasteiger partial charge in [-0.15, -0.1) is 0 Å². The monoisotopic (exact) mass is 373 g/mol. The minimum Gasteiger partial charge on any atom is -0.317 e. The van der Waals surface area contributed by atoms with Gasteiger partial charge < -0.3 is 5.32 Å². The van der Waals surface area contributed by atoms with E-state index in [1.807, 2.05) is 0 Å². The lowest BCUT2D eigenvalue weighted by Gasteiger charge is -2.23. The van der Waals surface area contributed by atoms with Crippen molar-refractivity contribution in [2.75, 3.05) is 26.2 Å². The molecule has 2 N–H and O–H groups in total. The quantitative estimate of drug-likeness (QED) is 0.784. The fourth-order valence-electron chi connectivity index (χ4n) is 3.11. The molecule has 0 saturated carbocycles. The summed E-state index contributed by atoms with van der Waals surface area (Å²) >= 11 is 0. The van der Waals surface area contributed by atoms with Crippen molar-refractivity contribution in [2.45, 2.75) is 41.5 Å². The summed E-state index contributed by atoms with van der Waals surface area (Å²) in [6, 6.07) is 5.52. The summed E-state index contributed by atoms with van der Waals surface area (Å²) in [5.41, 5.74) is 0. The molecule has 0 atom stereocenters. The highest BCUT2D eigenvalue weighted by molar-refractivity contribution is 7.90. The molecular weight excluding hydrogens is 350 g/mol. The van der Waals surface area contributed by atoms with Gasteiger partial charge in [0, 0.05) is 19.1 Å². The summed E-state index contributed by atoms with van der Waals surface area (Å²) in [5, 5.41) is 3.18. The lowest BCUT2D eigenvalue weighted by molar-refractivity contribution is 0.427. The van der Waals surface area contributed by atoms with Gasteiger partial charge in [0.25, 0.3) is 0 Å². The van der Waals surface area contributed by atoms with Gasteiger partial charge in [0.05, 0.1) is 9.79 Å². The van der Waals surface area contributed by atoms with Crippen LogP contribution in [-0.4, -0.2) is 53.4 Å². The molecule has 2 heterocycles. The summed E-state index contributed by atoms with van der Waals surface area (Å²) in [6.07, 6.45) is 3.14. The van der Waals surface area contributed by atoms with Gasteiger partial charge in [0.1, 0.15) is 0 Å². The van der Waals surface area contributed by atoms with Crippen LogP contribution in [0.25, 0.3) is 0 Å². The van der Waals surface area contributed by atoms with Gasteiger partial charge >= 0.3 is 0 Å². The molecule has 134 valence electrons. The minimum atomic E-state index is -3.73. The third-order valence-corrected chi connectivity index (χ3v) is 7.89. The van der Waals surface area contributed by atoms with Crippen LogP contribution in [0.2, 0.25) is 0 Å². The molecule has 0 aromatic heterocycles. The molecule has 24 heavy (non-hydrogen) atoms. The van der Waals surface area contributed by atoms with Crippen LogP contribution in [0.5, 0.6) is 0 Å². The number of nitrogens with one attached hydrogen (secondary N) is 2. The Labute approximate surface area is 143 Å². The average Bonchev–Trinajstić information content (AvgIpc) is 3.11. The predicted octanol–water partition coefficient (Wildman–Crippen LogP) is 0.501.